The Morgan fingerprint density at radius 3 is 2.29 bits per heavy atom. The number of hydrogen-bond acceptors (Lipinski definition) is 8. The van der Waals surface area contributed by atoms with Crippen LogP contribution >= 0.6 is 10.2 Å². The van der Waals surface area contributed by atoms with Gasteiger partial charge in [0.25, 0.3) is 5.09 Å². The van der Waals surface area contributed by atoms with Crippen LogP contribution in [0.2, 0.25) is 0 Å². The largest absolute Gasteiger partial charge is 0.475 e. The number of aryl methyl sites for hydroxylation is 1. The van der Waals surface area contributed by atoms with Gasteiger partial charge in [-0.25, -0.2) is 4.79 Å². The van der Waals surface area contributed by atoms with E-state index in [9.17, 15) is 52.3 Å². The molecular formula is C17H15F8NO8S. The molecule has 1 aliphatic rings. The van der Waals surface area contributed by atoms with Gasteiger partial charge in [0, 0.05) is 5.56 Å². The molecular weight excluding hydrogens is 530 g/mol. The van der Waals surface area contributed by atoms with Crippen LogP contribution in [0, 0.1) is 10.1 Å². The zero-order chi connectivity index (χ0) is 26.9. The number of hydrogen-bond donors (Lipinski definition) is 0. The average Bonchev–Trinajstić information content (AvgIpc) is 2.69. The molecule has 0 saturated heterocycles. The summed E-state index contributed by atoms with van der Waals surface area (Å²) in [4.78, 5) is 34.9. The van der Waals surface area contributed by atoms with Gasteiger partial charge in [0.15, 0.2) is 0 Å². The molecule has 0 radical (unpaired) electrons. The van der Waals surface area contributed by atoms with Crippen LogP contribution < -0.4 is 4.74 Å². The monoisotopic (exact) mass is 545 g/mol. The van der Waals surface area contributed by atoms with E-state index in [2.05, 4.69) is 14.3 Å². The number of fused-ring (bicyclic) bond motifs is 1. The number of carbonyl (C=O) groups is 2. The summed E-state index contributed by atoms with van der Waals surface area (Å²) in [5, 5.41) is 8.74. The molecule has 2 rings (SSSR count). The Morgan fingerprint density at radius 2 is 1.77 bits per heavy atom. The van der Waals surface area contributed by atoms with Crippen LogP contribution in [0.3, 0.4) is 0 Å². The molecule has 1 aromatic carbocycles. The van der Waals surface area contributed by atoms with Crippen molar-refractivity contribution in [2.75, 3.05) is 13.4 Å². The van der Waals surface area contributed by atoms with Gasteiger partial charge in [0.05, 0.1) is 12.0 Å². The number of carbonyl (C=O) groups excluding carboxylic acids is 2. The van der Waals surface area contributed by atoms with E-state index < -0.39 is 93.1 Å². The molecule has 0 bridgehead atoms. The summed E-state index contributed by atoms with van der Waals surface area (Å²) < 4.78 is 120. The highest BCUT2D eigenvalue weighted by atomic mass is 32.5. The van der Waals surface area contributed by atoms with Gasteiger partial charge in [0.2, 0.25) is 12.9 Å². The summed E-state index contributed by atoms with van der Waals surface area (Å²) >= 11 is 0. The fourth-order valence-electron chi connectivity index (χ4n) is 2.76. The van der Waals surface area contributed by atoms with E-state index in [1.165, 1.54) is 6.92 Å². The molecule has 0 aromatic heterocycles. The third-order valence-electron chi connectivity index (χ3n) is 4.27. The molecule has 1 heterocycles. The average molecular weight is 545 g/mol. The van der Waals surface area contributed by atoms with Gasteiger partial charge >= 0.3 is 28.3 Å². The second-order valence-corrected chi connectivity index (χ2v) is 9.24. The molecule has 0 aliphatic carbocycles. The van der Waals surface area contributed by atoms with Crippen molar-refractivity contribution in [2.24, 2.45) is 0 Å². The summed E-state index contributed by atoms with van der Waals surface area (Å²) in [7, 11) is -10.3. The fraction of sp³-hybridized carbons (Fsp3) is 0.412. The van der Waals surface area contributed by atoms with E-state index in [4.69, 9.17) is 4.74 Å². The van der Waals surface area contributed by atoms with Crippen LogP contribution in [-0.4, -0.2) is 42.7 Å². The van der Waals surface area contributed by atoms with Crippen LogP contribution in [0.15, 0.2) is 22.6 Å². The van der Waals surface area contributed by atoms with Crippen LogP contribution in [0.1, 0.15) is 24.5 Å². The predicted molar refractivity (Wildman–Crippen MR) is 100 cm³/mol. The second kappa shape index (κ2) is 8.72. The normalized spacial score (nSPS) is 17.6. The molecule has 1 aliphatic heterocycles. The van der Waals surface area contributed by atoms with Gasteiger partial charge in [-0.15, -0.1) is 10.1 Å². The number of ether oxygens (including phenoxy) is 3. The molecule has 1 aromatic rings. The predicted octanol–water partition coefficient (Wildman–Crippen LogP) is 5.26. The lowest BCUT2D eigenvalue weighted by molar-refractivity contribution is -0.757. The molecule has 198 valence electrons. The molecule has 0 fully saturated rings. The third kappa shape index (κ3) is 7.33. The van der Waals surface area contributed by atoms with Gasteiger partial charge in [-0.05, 0) is 30.2 Å². The van der Waals surface area contributed by atoms with E-state index in [1.54, 1.807) is 0 Å². The maximum atomic E-state index is 13.5. The van der Waals surface area contributed by atoms with E-state index in [0.717, 1.165) is 0 Å². The molecule has 0 spiro atoms. The van der Waals surface area contributed by atoms with E-state index in [1.807, 2.05) is 0 Å². The van der Waals surface area contributed by atoms with Crippen molar-refractivity contribution in [2.45, 2.75) is 36.9 Å². The lowest BCUT2D eigenvalue weighted by Gasteiger charge is -2.41. The van der Waals surface area contributed by atoms with Crippen molar-refractivity contribution in [1.82, 2.24) is 0 Å². The fourth-order valence-corrected chi connectivity index (χ4v) is 3.48. The summed E-state index contributed by atoms with van der Waals surface area (Å²) in [6.45, 7) is -0.828. The molecule has 0 saturated carbocycles. The van der Waals surface area contributed by atoms with Gasteiger partial charge in [-0.1, -0.05) is 26.4 Å². The Kier molecular flexibility index (Phi) is 6.96. The zero-order valence-corrected chi connectivity index (χ0v) is 18.1. The summed E-state index contributed by atoms with van der Waals surface area (Å²) in [6.07, 6.45) is -9.18. The SMILES string of the molecule is CCc1cc(S(F)(F)(F)(F)F)cc2c1O[C@H](C(F)(F)F)C(C(=O)OCOC(=O)CCO[N+](=O)[O-])=C2. The first-order valence-corrected chi connectivity index (χ1v) is 11.1. The topological polar surface area (TPSA) is 114 Å². The van der Waals surface area contributed by atoms with E-state index >= 15 is 0 Å². The van der Waals surface area contributed by atoms with Crippen molar-refractivity contribution >= 4 is 28.2 Å². The van der Waals surface area contributed by atoms with Crippen LogP contribution in [0.25, 0.3) is 6.08 Å². The van der Waals surface area contributed by atoms with Crippen molar-refractivity contribution < 1.29 is 66.3 Å². The standard InChI is InChI=1S/C17H15F8NO8S/c1-2-9-5-11(35(21,22,23,24)25)6-10-7-12(15(17(18,19)20)34-14(9)10)16(28)32-8-31-13(27)3-4-33-26(29)30/h5-7,15H,2-4,8H2,1H3/t15-/m0/s1. The number of alkyl halides is 3. The molecule has 18 heteroatoms. The molecule has 1 atom stereocenters. The lowest BCUT2D eigenvalue weighted by Crippen LogP contribution is -2.41. The minimum absolute atomic E-state index is 0.0208. The van der Waals surface area contributed by atoms with E-state index in [0.29, 0.717) is 0 Å². The summed E-state index contributed by atoms with van der Waals surface area (Å²) in [5.41, 5.74) is -2.90. The Morgan fingerprint density at radius 1 is 1.14 bits per heavy atom. The molecule has 9 nitrogen and oxygen atoms in total. The van der Waals surface area contributed by atoms with Crippen molar-refractivity contribution in [3.8, 4) is 5.75 Å². The Labute approximate surface area is 190 Å². The Balaban J connectivity index is 2.35. The Hall–Kier alpha value is -3.31. The first-order chi connectivity index (χ1) is 15.7. The Bertz CT molecular complexity index is 1070. The van der Waals surface area contributed by atoms with Crippen LogP contribution in [0.4, 0.5) is 32.6 Å². The molecule has 0 N–H and O–H groups in total. The first kappa shape index (κ1) is 27.9. The number of rotatable bonds is 9. The smallest absolute Gasteiger partial charge is 0.430 e. The van der Waals surface area contributed by atoms with Crippen LogP contribution in [0.5, 0.6) is 5.75 Å². The minimum Gasteiger partial charge on any atom is -0.475 e. The third-order valence-corrected chi connectivity index (χ3v) is 5.40. The second-order valence-electron chi connectivity index (χ2n) is 6.84. The minimum atomic E-state index is -10.3. The highest BCUT2D eigenvalue weighted by Gasteiger charge is 2.66. The molecule has 35 heavy (non-hydrogen) atoms. The maximum absolute atomic E-state index is 13.5. The van der Waals surface area contributed by atoms with Gasteiger partial charge < -0.3 is 19.0 Å². The summed E-state index contributed by atoms with van der Waals surface area (Å²) in [6, 6.07) is -0.168. The van der Waals surface area contributed by atoms with Crippen molar-refractivity contribution in [1.29, 1.82) is 0 Å². The molecule has 0 unspecified atom stereocenters. The maximum Gasteiger partial charge on any atom is 0.430 e. The highest BCUT2D eigenvalue weighted by Crippen LogP contribution is 3.02. The van der Waals surface area contributed by atoms with Gasteiger partial charge in [-0.3, -0.25) is 4.79 Å². The van der Waals surface area contributed by atoms with E-state index in [-0.39, 0.29) is 18.2 Å². The number of halogens is 8. The highest BCUT2D eigenvalue weighted by molar-refractivity contribution is 8.45. The first-order valence-electron chi connectivity index (χ1n) is 9.19. The van der Waals surface area contributed by atoms with Gasteiger partial charge in [0.1, 0.15) is 17.3 Å². The number of nitrogens with zero attached hydrogens (tertiary/aromatic N) is 1. The zero-order valence-electron chi connectivity index (χ0n) is 17.3. The number of esters is 2. The number of benzene rings is 1. The van der Waals surface area contributed by atoms with Gasteiger partial charge in [-0.2, -0.15) is 13.2 Å². The lowest BCUT2D eigenvalue weighted by atomic mass is 9.98. The molecule has 0 amide bonds. The summed E-state index contributed by atoms with van der Waals surface area (Å²) in [5.74, 6) is -3.84. The van der Waals surface area contributed by atoms with Crippen molar-refractivity contribution in [3.63, 3.8) is 0 Å². The van der Waals surface area contributed by atoms with Crippen LogP contribution in [-0.2, 0) is 30.3 Å². The van der Waals surface area contributed by atoms with Crippen molar-refractivity contribution in [3.05, 3.63) is 38.9 Å². The quantitative estimate of drug-likeness (QED) is 0.136.